The van der Waals surface area contributed by atoms with Crippen LogP contribution in [-0.4, -0.2) is 17.6 Å². The van der Waals surface area contributed by atoms with Crippen LogP contribution in [0.3, 0.4) is 0 Å². The van der Waals surface area contributed by atoms with E-state index in [1.165, 1.54) is 0 Å². The van der Waals surface area contributed by atoms with Gasteiger partial charge in [0.05, 0.1) is 0 Å². The van der Waals surface area contributed by atoms with Crippen LogP contribution in [0.2, 0.25) is 5.02 Å². The minimum Gasteiger partial charge on any atom is -0.409 e. The predicted octanol–water partition coefficient (Wildman–Crippen LogP) is 2.98. The summed E-state index contributed by atoms with van der Waals surface area (Å²) in [6.07, 6.45) is 2.47. The van der Waals surface area contributed by atoms with Crippen LogP contribution < -0.4 is 11.1 Å². The Balaban J connectivity index is 2.24. The predicted molar refractivity (Wildman–Crippen MR) is 71.9 cm³/mol. The maximum atomic E-state index is 8.36. The van der Waals surface area contributed by atoms with Crippen molar-refractivity contribution in [1.82, 2.24) is 0 Å². The average molecular weight is 256 g/mol. The molecule has 0 saturated heterocycles. The van der Waals surface area contributed by atoms with Crippen LogP contribution >= 0.6 is 11.6 Å². The molecule has 17 heavy (non-hydrogen) atoms. The highest BCUT2D eigenvalue weighted by atomic mass is 35.5. The Bertz CT molecular complexity index is 393. The summed E-state index contributed by atoms with van der Waals surface area (Å²) in [6.45, 7) is 2.82. The molecule has 1 aromatic carbocycles. The van der Waals surface area contributed by atoms with Gasteiger partial charge in [0, 0.05) is 23.7 Å². The van der Waals surface area contributed by atoms with Gasteiger partial charge in [0.2, 0.25) is 0 Å². The van der Waals surface area contributed by atoms with Gasteiger partial charge in [-0.2, -0.15) is 0 Å². The van der Waals surface area contributed by atoms with E-state index in [9.17, 15) is 0 Å². The first-order chi connectivity index (χ1) is 8.13. The molecule has 94 valence electrons. The zero-order valence-electron chi connectivity index (χ0n) is 9.91. The van der Waals surface area contributed by atoms with Crippen LogP contribution in [0.4, 0.5) is 5.69 Å². The Morgan fingerprint density at radius 1 is 1.47 bits per heavy atom. The first kappa shape index (κ1) is 13.6. The quantitative estimate of drug-likeness (QED) is 0.241. The van der Waals surface area contributed by atoms with Gasteiger partial charge in [0.1, 0.15) is 5.84 Å². The van der Waals surface area contributed by atoms with E-state index >= 15 is 0 Å². The monoisotopic (exact) mass is 255 g/mol. The summed E-state index contributed by atoms with van der Waals surface area (Å²) in [5.41, 5.74) is 7.46. The Kier molecular flexibility index (Phi) is 5.63. The van der Waals surface area contributed by atoms with Crippen molar-refractivity contribution in [2.45, 2.75) is 26.2 Å². The van der Waals surface area contributed by atoms with E-state index in [0.29, 0.717) is 6.42 Å². The van der Waals surface area contributed by atoms with Gasteiger partial charge in [-0.3, -0.25) is 0 Å². The lowest BCUT2D eigenvalue weighted by Crippen LogP contribution is -2.11. The highest BCUT2D eigenvalue weighted by Gasteiger charge is 1.98. The van der Waals surface area contributed by atoms with Gasteiger partial charge in [-0.25, -0.2) is 0 Å². The molecule has 0 fully saturated rings. The van der Waals surface area contributed by atoms with E-state index in [-0.39, 0.29) is 5.84 Å². The second-order valence-corrected chi connectivity index (χ2v) is 4.35. The van der Waals surface area contributed by atoms with E-state index in [2.05, 4.69) is 10.5 Å². The number of hydrogen-bond acceptors (Lipinski definition) is 3. The lowest BCUT2D eigenvalue weighted by atomic mass is 10.2. The minimum absolute atomic E-state index is 0.281. The summed E-state index contributed by atoms with van der Waals surface area (Å²) in [5, 5.41) is 15.3. The fraction of sp³-hybridized carbons (Fsp3) is 0.417. The fourth-order valence-corrected chi connectivity index (χ4v) is 1.60. The molecule has 0 aliphatic carbocycles. The van der Waals surface area contributed by atoms with Crippen molar-refractivity contribution >= 4 is 23.1 Å². The number of halogens is 1. The van der Waals surface area contributed by atoms with Crippen LogP contribution in [0.1, 0.15) is 24.8 Å². The molecule has 0 radical (unpaired) electrons. The molecular formula is C12H18ClN3O. The molecule has 0 atom stereocenters. The highest BCUT2D eigenvalue weighted by Crippen LogP contribution is 2.19. The summed E-state index contributed by atoms with van der Waals surface area (Å²) in [4.78, 5) is 0. The second-order valence-electron chi connectivity index (χ2n) is 3.94. The Hall–Kier alpha value is -1.42. The van der Waals surface area contributed by atoms with Crippen LogP contribution in [0.25, 0.3) is 0 Å². The number of rotatable bonds is 6. The van der Waals surface area contributed by atoms with Crippen LogP contribution in [0.15, 0.2) is 23.4 Å². The fourth-order valence-electron chi connectivity index (χ4n) is 1.42. The van der Waals surface area contributed by atoms with Crippen LogP contribution in [0.5, 0.6) is 0 Å². The molecule has 1 aromatic rings. The maximum Gasteiger partial charge on any atom is 0.139 e. The van der Waals surface area contributed by atoms with Crippen molar-refractivity contribution in [3.05, 3.63) is 28.8 Å². The number of nitrogens with two attached hydrogens (primary N) is 1. The highest BCUT2D eigenvalue weighted by molar-refractivity contribution is 6.31. The third-order valence-electron chi connectivity index (χ3n) is 2.49. The number of anilines is 1. The van der Waals surface area contributed by atoms with Crippen molar-refractivity contribution in [2.24, 2.45) is 10.9 Å². The normalized spacial score (nSPS) is 11.5. The van der Waals surface area contributed by atoms with E-state index in [1.54, 1.807) is 0 Å². The van der Waals surface area contributed by atoms with Gasteiger partial charge in [0.25, 0.3) is 0 Å². The number of benzene rings is 1. The van der Waals surface area contributed by atoms with Crippen molar-refractivity contribution in [2.75, 3.05) is 11.9 Å². The van der Waals surface area contributed by atoms with E-state index in [0.717, 1.165) is 35.7 Å². The molecule has 0 amide bonds. The third kappa shape index (κ3) is 4.95. The number of nitrogens with zero attached hydrogens (tertiary/aromatic N) is 1. The zero-order chi connectivity index (χ0) is 12.7. The van der Waals surface area contributed by atoms with E-state index < -0.39 is 0 Å². The smallest absolute Gasteiger partial charge is 0.139 e. The van der Waals surface area contributed by atoms with Gasteiger partial charge < -0.3 is 16.3 Å². The first-order valence-electron chi connectivity index (χ1n) is 5.60. The second kappa shape index (κ2) is 7.01. The van der Waals surface area contributed by atoms with Crippen LogP contribution in [-0.2, 0) is 0 Å². The third-order valence-corrected chi connectivity index (χ3v) is 2.90. The molecular weight excluding hydrogens is 238 g/mol. The van der Waals surface area contributed by atoms with Crippen molar-refractivity contribution in [3.8, 4) is 0 Å². The Labute approximate surface area is 106 Å². The molecule has 4 N–H and O–H groups in total. The van der Waals surface area contributed by atoms with E-state index in [4.69, 9.17) is 22.5 Å². The number of unbranched alkanes of at least 4 members (excludes halogenated alkanes) is 1. The molecule has 0 bridgehead atoms. The largest absolute Gasteiger partial charge is 0.409 e. The molecule has 0 aromatic heterocycles. The lowest BCUT2D eigenvalue weighted by molar-refractivity contribution is 0.316. The zero-order valence-corrected chi connectivity index (χ0v) is 10.7. The summed E-state index contributed by atoms with van der Waals surface area (Å²) in [7, 11) is 0. The molecule has 4 nitrogen and oxygen atoms in total. The summed E-state index contributed by atoms with van der Waals surface area (Å²) in [5.74, 6) is 0.281. The van der Waals surface area contributed by atoms with E-state index in [1.807, 2.05) is 25.1 Å². The Morgan fingerprint density at radius 2 is 2.24 bits per heavy atom. The van der Waals surface area contributed by atoms with Crippen molar-refractivity contribution in [3.63, 3.8) is 0 Å². The summed E-state index contributed by atoms with van der Waals surface area (Å²) in [6, 6.07) is 5.91. The molecule has 0 aliphatic heterocycles. The summed E-state index contributed by atoms with van der Waals surface area (Å²) >= 11 is 6.01. The van der Waals surface area contributed by atoms with Gasteiger partial charge in [-0.15, -0.1) is 0 Å². The number of oxime groups is 1. The first-order valence-corrected chi connectivity index (χ1v) is 5.97. The number of hydrogen-bond donors (Lipinski definition) is 3. The molecule has 1 rings (SSSR count). The molecule has 0 unspecified atom stereocenters. The lowest BCUT2D eigenvalue weighted by Gasteiger charge is -2.07. The number of amidine groups is 1. The van der Waals surface area contributed by atoms with Gasteiger partial charge in [-0.05, 0) is 37.5 Å². The SMILES string of the molecule is Cc1ccc(NCCCCC(N)=NO)cc1Cl. The number of aryl methyl sites for hydroxylation is 1. The van der Waals surface area contributed by atoms with Gasteiger partial charge >= 0.3 is 0 Å². The van der Waals surface area contributed by atoms with Gasteiger partial charge in [0.15, 0.2) is 0 Å². The van der Waals surface area contributed by atoms with Crippen molar-refractivity contribution in [1.29, 1.82) is 0 Å². The van der Waals surface area contributed by atoms with Crippen molar-refractivity contribution < 1.29 is 5.21 Å². The molecule has 0 aliphatic rings. The summed E-state index contributed by atoms with van der Waals surface area (Å²) < 4.78 is 0. The van der Waals surface area contributed by atoms with Crippen LogP contribution in [0, 0.1) is 6.92 Å². The molecule has 0 saturated carbocycles. The molecule has 0 heterocycles. The average Bonchev–Trinajstić information content (AvgIpc) is 2.33. The Morgan fingerprint density at radius 3 is 2.88 bits per heavy atom. The number of nitrogens with one attached hydrogen (secondary N) is 1. The van der Waals surface area contributed by atoms with Gasteiger partial charge in [-0.1, -0.05) is 22.8 Å². The molecule has 0 spiro atoms. The topological polar surface area (TPSA) is 70.6 Å². The standard InChI is InChI=1S/C12H18ClN3O/c1-9-5-6-10(8-11(9)13)15-7-3-2-4-12(14)16-17/h5-6,8,15,17H,2-4,7H2,1H3,(H2,14,16). The maximum absolute atomic E-state index is 8.36. The molecule has 5 heteroatoms. The minimum atomic E-state index is 0.281.